The summed E-state index contributed by atoms with van der Waals surface area (Å²) in [7, 11) is 2.99. The lowest BCUT2D eigenvalue weighted by molar-refractivity contribution is -0.215. The zero-order chi connectivity index (χ0) is 16.9. The van der Waals surface area contributed by atoms with Crippen LogP contribution in [-0.4, -0.2) is 54.3 Å². The van der Waals surface area contributed by atoms with Crippen LogP contribution in [0.5, 0.6) is 0 Å². The fraction of sp³-hybridized carbons (Fsp3) is 0.667. The van der Waals surface area contributed by atoms with Crippen LogP contribution in [0, 0.1) is 5.92 Å². The topological polar surface area (TPSA) is 35.9 Å². The van der Waals surface area contributed by atoms with Crippen LogP contribution in [0.1, 0.15) is 32.6 Å². The van der Waals surface area contributed by atoms with Crippen molar-refractivity contribution in [3.63, 3.8) is 0 Å². The summed E-state index contributed by atoms with van der Waals surface area (Å²) in [5.41, 5.74) is 0.865. The van der Waals surface area contributed by atoms with Crippen LogP contribution in [0.4, 0.5) is 4.39 Å². The number of halogens is 1. The van der Waals surface area contributed by atoms with E-state index in [0.29, 0.717) is 12.6 Å². The molecule has 1 saturated heterocycles. The molecule has 1 saturated carbocycles. The monoisotopic (exact) mass is 324 g/mol. The van der Waals surface area contributed by atoms with Crippen molar-refractivity contribution in [2.45, 2.75) is 44.4 Å². The van der Waals surface area contributed by atoms with E-state index in [1.54, 1.807) is 19.4 Å². The van der Waals surface area contributed by atoms with E-state index >= 15 is 4.39 Å². The molecule has 1 aliphatic carbocycles. The molecule has 1 N–H and O–H groups in total. The summed E-state index contributed by atoms with van der Waals surface area (Å²) in [6.07, 6.45) is 13.7. The van der Waals surface area contributed by atoms with Crippen LogP contribution in [0.15, 0.2) is 36.1 Å². The van der Waals surface area contributed by atoms with E-state index in [1.807, 2.05) is 25.2 Å². The second-order valence-electron chi connectivity index (χ2n) is 6.49. The summed E-state index contributed by atoms with van der Waals surface area (Å²) in [5, 5.41) is 10.7. The van der Waals surface area contributed by atoms with Crippen LogP contribution in [0.2, 0.25) is 0 Å². The van der Waals surface area contributed by atoms with E-state index in [-0.39, 0.29) is 6.54 Å². The number of hydrogen-bond acceptors (Lipinski definition) is 4. The molecule has 130 valence electrons. The van der Waals surface area contributed by atoms with Gasteiger partial charge in [0.25, 0.3) is 0 Å². The third-order valence-corrected chi connectivity index (χ3v) is 5.02. The number of hydrogen-bond donors (Lipinski definition) is 1. The Bertz CT molecular complexity index is 470. The summed E-state index contributed by atoms with van der Waals surface area (Å²) >= 11 is 0. The maximum Gasteiger partial charge on any atom is 0.205 e. The Morgan fingerprint density at radius 2 is 2.09 bits per heavy atom. The molecule has 1 heterocycles. The van der Waals surface area contributed by atoms with Gasteiger partial charge < -0.3 is 9.94 Å². The van der Waals surface area contributed by atoms with E-state index in [0.717, 1.165) is 23.5 Å². The Morgan fingerprint density at radius 1 is 1.39 bits per heavy atom. The first-order valence-electron chi connectivity index (χ1n) is 8.40. The lowest BCUT2D eigenvalue weighted by Crippen LogP contribution is -2.48. The Morgan fingerprint density at radius 3 is 2.65 bits per heavy atom. The van der Waals surface area contributed by atoms with Gasteiger partial charge in [0.1, 0.15) is 0 Å². The molecular weight excluding hydrogens is 295 g/mol. The van der Waals surface area contributed by atoms with Crippen molar-refractivity contribution >= 4 is 0 Å². The van der Waals surface area contributed by atoms with Gasteiger partial charge in [-0.3, -0.25) is 4.90 Å². The van der Waals surface area contributed by atoms with Crippen molar-refractivity contribution in [3.8, 4) is 0 Å². The smallest absolute Gasteiger partial charge is 0.205 e. The Balaban J connectivity index is 2.27. The fourth-order valence-corrected chi connectivity index (χ4v) is 3.78. The van der Waals surface area contributed by atoms with Crippen molar-refractivity contribution < 1.29 is 14.3 Å². The largest absolute Gasteiger partial charge is 0.504 e. The molecule has 0 bridgehead atoms. The normalized spacial score (nSPS) is 31.2. The summed E-state index contributed by atoms with van der Waals surface area (Å²) < 4.78 is 20.5. The Labute approximate surface area is 138 Å². The molecule has 0 aromatic carbocycles. The third kappa shape index (κ3) is 4.03. The van der Waals surface area contributed by atoms with Gasteiger partial charge in [-0.05, 0) is 31.4 Å². The van der Waals surface area contributed by atoms with Crippen LogP contribution in [0.3, 0.4) is 0 Å². The van der Waals surface area contributed by atoms with Gasteiger partial charge in [-0.25, -0.2) is 4.39 Å². The number of nitrogens with zero attached hydrogens (tertiary/aromatic N) is 2. The quantitative estimate of drug-likeness (QED) is 0.351. The molecule has 1 aliphatic heterocycles. The number of likely N-dealkylation sites (tertiary alicyclic amines) is 1. The molecule has 0 aromatic rings. The maximum absolute atomic E-state index is 15.6. The average Bonchev–Trinajstić information content (AvgIpc) is 3.15. The second kappa shape index (κ2) is 8.08. The van der Waals surface area contributed by atoms with Gasteiger partial charge in [-0.15, -0.1) is 0 Å². The van der Waals surface area contributed by atoms with Crippen LogP contribution in [-0.2, 0) is 4.74 Å². The highest BCUT2D eigenvalue weighted by atomic mass is 19.1. The Kier molecular flexibility index (Phi) is 6.39. The standard InChI is InChI=1S/C18H29FN2O2/c1-4-8-15(9-7-12-23-3)17-13-21(16-10-5-6-11-16)14-18(17,19)20(2)22/h4,7-9,12,16-17,22H,5-6,10-11,13-14H2,1-3H3/b8-4-,12-7+,15-9+. The highest BCUT2D eigenvalue weighted by Crippen LogP contribution is 2.41. The van der Waals surface area contributed by atoms with Gasteiger partial charge in [-0.1, -0.05) is 31.1 Å². The predicted molar refractivity (Wildman–Crippen MR) is 89.8 cm³/mol. The average molecular weight is 324 g/mol. The first-order valence-corrected chi connectivity index (χ1v) is 8.40. The second-order valence-corrected chi connectivity index (χ2v) is 6.49. The zero-order valence-corrected chi connectivity index (χ0v) is 14.4. The summed E-state index contributed by atoms with van der Waals surface area (Å²) in [6.45, 7) is 2.79. The van der Waals surface area contributed by atoms with Gasteiger partial charge in [-0.2, -0.15) is 5.06 Å². The molecule has 0 radical (unpaired) electrons. The van der Waals surface area contributed by atoms with Crippen LogP contribution < -0.4 is 0 Å². The molecule has 0 spiro atoms. The lowest BCUT2D eigenvalue weighted by Gasteiger charge is -2.32. The number of likely N-dealkylation sites (N-methyl/N-ethyl adjacent to an activating group) is 1. The lowest BCUT2D eigenvalue weighted by atomic mass is 9.91. The first-order chi connectivity index (χ1) is 11.0. The van der Waals surface area contributed by atoms with Gasteiger partial charge in [0.05, 0.1) is 13.4 Å². The molecule has 23 heavy (non-hydrogen) atoms. The minimum Gasteiger partial charge on any atom is -0.504 e. The minimum atomic E-state index is -1.77. The molecule has 2 atom stereocenters. The van der Waals surface area contributed by atoms with Crippen molar-refractivity contribution in [1.82, 2.24) is 9.96 Å². The molecular formula is C18H29FN2O2. The summed E-state index contributed by atoms with van der Waals surface area (Å²) in [4.78, 5) is 2.21. The third-order valence-electron chi connectivity index (χ3n) is 5.02. The van der Waals surface area contributed by atoms with Crippen molar-refractivity contribution in [1.29, 1.82) is 0 Å². The maximum atomic E-state index is 15.6. The molecule has 0 aromatic heterocycles. The molecule has 2 rings (SSSR count). The van der Waals surface area contributed by atoms with Crippen LogP contribution >= 0.6 is 0 Å². The van der Waals surface area contributed by atoms with E-state index < -0.39 is 11.7 Å². The fourth-order valence-electron chi connectivity index (χ4n) is 3.78. The van der Waals surface area contributed by atoms with Crippen molar-refractivity contribution in [2.75, 3.05) is 27.2 Å². The number of rotatable bonds is 6. The van der Waals surface area contributed by atoms with E-state index in [9.17, 15) is 5.21 Å². The Hall–Kier alpha value is -1.17. The highest BCUT2D eigenvalue weighted by Gasteiger charge is 2.52. The van der Waals surface area contributed by atoms with Gasteiger partial charge in [0.15, 0.2) is 0 Å². The number of allylic oxidation sites excluding steroid dienone is 4. The number of ether oxygens (including phenoxy) is 1. The van der Waals surface area contributed by atoms with Crippen molar-refractivity contribution in [2.24, 2.45) is 5.92 Å². The summed E-state index contributed by atoms with van der Waals surface area (Å²) in [5.74, 6) is -2.16. The summed E-state index contributed by atoms with van der Waals surface area (Å²) in [6, 6.07) is 0.441. The first kappa shape index (κ1) is 18.2. The predicted octanol–water partition coefficient (Wildman–Crippen LogP) is 3.51. The zero-order valence-electron chi connectivity index (χ0n) is 14.4. The van der Waals surface area contributed by atoms with Gasteiger partial charge in [0, 0.05) is 32.1 Å². The molecule has 5 heteroatoms. The molecule has 0 amide bonds. The minimum absolute atomic E-state index is 0.248. The van der Waals surface area contributed by atoms with Crippen LogP contribution in [0.25, 0.3) is 0 Å². The molecule has 4 nitrogen and oxygen atoms in total. The van der Waals surface area contributed by atoms with Crippen molar-refractivity contribution in [3.05, 3.63) is 36.1 Å². The number of alkyl halides is 1. The van der Waals surface area contributed by atoms with Gasteiger partial charge in [0.2, 0.25) is 5.79 Å². The molecule has 2 fully saturated rings. The van der Waals surface area contributed by atoms with E-state index in [4.69, 9.17) is 4.74 Å². The number of hydroxylamine groups is 2. The van der Waals surface area contributed by atoms with Gasteiger partial charge >= 0.3 is 0 Å². The van der Waals surface area contributed by atoms with E-state index in [2.05, 4.69) is 4.90 Å². The SMILES string of the molecule is C\C=C/C(=C\C=C\OC)C1CN(C2CCCC2)CC1(F)N(C)O. The molecule has 2 unspecified atom stereocenters. The number of methoxy groups -OCH3 is 1. The molecule has 2 aliphatic rings. The highest BCUT2D eigenvalue weighted by molar-refractivity contribution is 5.30. The van der Waals surface area contributed by atoms with E-state index in [1.165, 1.54) is 19.9 Å².